The van der Waals surface area contributed by atoms with Gasteiger partial charge in [0.25, 0.3) is 0 Å². The van der Waals surface area contributed by atoms with E-state index in [0.29, 0.717) is 6.04 Å². The van der Waals surface area contributed by atoms with Gasteiger partial charge in [-0.25, -0.2) is 0 Å². The highest BCUT2D eigenvalue weighted by atomic mass is 35.5. The van der Waals surface area contributed by atoms with Crippen molar-refractivity contribution in [2.45, 2.75) is 31.7 Å². The second-order valence-corrected chi connectivity index (χ2v) is 3.25. The molecule has 0 aromatic carbocycles. The van der Waals surface area contributed by atoms with Crippen LogP contribution in [0.2, 0.25) is 0 Å². The normalized spacial score (nSPS) is 47.0. The number of fused-ring (bicyclic) bond motifs is 1. The van der Waals surface area contributed by atoms with Crippen LogP contribution in [0.3, 0.4) is 0 Å². The van der Waals surface area contributed by atoms with Gasteiger partial charge in [0, 0.05) is 6.04 Å². The third-order valence-electron chi connectivity index (χ3n) is 2.64. The molecule has 2 saturated carbocycles. The van der Waals surface area contributed by atoms with E-state index in [4.69, 9.17) is 5.73 Å². The van der Waals surface area contributed by atoms with Gasteiger partial charge >= 0.3 is 0 Å². The highest BCUT2D eigenvalue weighted by Crippen LogP contribution is 2.48. The van der Waals surface area contributed by atoms with Crippen molar-refractivity contribution in [3.05, 3.63) is 0 Å². The molecule has 3 atom stereocenters. The molecule has 0 bridgehead atoms. The third-order valence-corrected chi connectivity index (χ3v) is 2.64. The van der Waals surface area contributed by atoms with Gasteiger partial charge < -0.3 is 5.73 Å². The average Bonchev–Trinajstić information content (AvgIpc) is 2.45. The Hall–Kier alpha value is 0.250. The molecule has 1 nitrogen and oxygen atoms in total. The minimum absolute atomic E-state index is 0. The second-order valence-electron chi connectivity index (χ2n) is 3.25. The highest BCUT2D eigenvalue weighted by molar-refractivity contribution is 5.85. The summed E-state index contributed by atoms with van der Waals surface area (Å²) < 4.78 is 0. The van der Waals surface area contributed by atoms with Crippen LogP contribution in [0.25, 0.3) is 0 Å². The Morgan fingerprint density at radius 3 is 2.56 bits per heavy atom. The number of halogens is 1. The van der Waals surface area contributed by atoms with Gasteiger partial charge in [-0.15, -0.1) is 12.4 Å². The Morgan fingerprint density at radius 2 is 2.00 bits per heavy atom. The molecule has 0 amide bonds. The Bertz CT molecular complexity index is 105. The summed E-state index contributed by atoms with van der Waals surface area (Å²) in [6.45, 7) is 0. The lowest BCUT2D eigenvalue weighted by molar-refractivity contribution is 0.419. The van der Waals surface area contributed by atoms with E-state index < -0.39 is 0 Å². The summed E-state index contributed by atoms with van der Waals surface area (Å²) in [5.41, 5.74) is 5.82. The van der Waals surface area contributed by atoms with Gasteiger partial charge in [0.05, 0.1) is 0 Å². The topological polar surface area (TPSA) is 26.0 Å². The molecule has 2 rings (SSSR count). The van der Waals surface area contributed by atoms with E-state index >= 15 is 0 Å². The first kappa shape index (κ1) is 7.36. The second kappa shape index (κ2) is 2.47. The maximum absolute atomic E-state index is 5.82. The minimum Gasteiger partial charge on any atom is -0.327 e. The number of rotatable bonds is 0. The van der Waals surface area contributed by atoms with Gasteiger partial charge in [0.2, 0.25) is 0 Å². The maximum Gasteiger partial charge on any atom is 0.00699 e. The standard InChI is InChI=1S/C7H13N.ClH/c8-7-3-1-2-5-4-6(5)7;/h5-7H,1-4,8H2;1H/t5-,6+,7?;/m0./s1. The molecule has 0 radical (unpaired) electrons. The van der Waals surface area contributed by atoms with Gasteiger partial charge in [0.15, 0.2) is 0 Å². The predicted molar refractivity (Wildman–Crippen MR) is 40.7 cm³/mol. The smallest absolute Gasteiger partial charge is 0.00699 e. The fourth-order valence-electron chi connectivity index (χ4n) is 1.96. The summed E-state index contributed by atoms with van der Waals surface area (Å²) in [7, 11) is 0. The van der Waals surface area contributed by atoms with Crippen LogP contribution >= 0.6 is 12.4 Å². The Morgan fingerprint density at radius 1 is 1.22 bits per heavy atom. The van der Waals surface area contributed by atoms with Crippen LogP contribution in [0, 0.1) is 11.8 Å². The van der Waals surface area contributed by atoms with Crippen LogP contribution in [-0.4, -0.2) is 6.04 Å². The zero-order valence-corrected chi connectivity index (χ0v) is 6.36. The predicted octanol–water partition coefficient (Wildman–Crippen LogP) is 1.56. The zero-order chi connectivity index (χ0) is 5.56. The highest BCUT2D eigenvalue weighted by Gasteiger charge is 2.43. The van der Waals surface area contributed by atoms with E-state index in [2.05, 4.69) is 0 Å². The van der Waals surface area contributed by atoms with Crippen molar-refractivity contribution >= 4 is 12.4 Å². The van der Waals surface area contributed by atoms with E-state index in [1.165, 1.54) is 25.7 Å². The largest absolute Gasteiger partial charge is 0.327 e. The van der Waals surface area contributed by atoms with Gasteiger partial charge in [-0.05, 0) is 24.7 Å². The van der Waals surface area contributed by atoms with Crippen LogP contribution in [0.1, 0.15) is 25.7 Å². The monoisotopic (exact) mass is 147 g/mol. The molecule has 1 unspecified atom stereocenters. The summed E-state index contributed by atoms with van der Waals surface area (Å²) >= 11 is 0. The van der Waals surface area contributed by atoms with Gasteiger partial charge in [-0.3, -0.25) is 0 Å². The van der Waals surface area contributed by atoms with E-state index in [1.54, 1.807) is 0 Å². The van der Waals surface area contributed by atoms with Crippen molar-refractivity contribution in [1.82, 2.24) is 0 Å². The molecule has 0 aromatic rings. The van der Waals surface area contributed by atoms with Crippen LogP contribution in [0.15, 0.2) is 0 Å². The SMILES string of the molecule is Cl.NC1CCC[C@H]2C[C@@H]12. The molecule has 2 aliphatic rings. The van der Waals surface area contributed by atoms with Gasteiger partial charge in [0.1, 0.15) is 0 Å². The van der Waals surface area contributed by atoms with E-state index in [1.807, 2.05) is 0 Å². The summed E-state index contributed by atoms with van der Waals surface area (Å²) in [5.74, 6) is 2.00. The van der Waals surface area contributed by atoms with E-state index in [-0.39, 0.29) is 12.4 Å². The summed E-state index contributed by atoms with van der Waals surface area (Å²) in [6, 6.07) is 0.578. The molecule has 2 fully saturated rings. The first-order valence-corrected chi connectivity index (χ1v) is 3.63. The average molecular weight is 148 g/mol. The fourth-order valence-corrected chi connectivity index (χ4v) is 1.96. The summed E-state index contributed by atoms with van der Waals surface area (Å²) in [4.78, 5) is 0. The molecule has 0 aliphatic heterocycles. The molecule has 2 N–H and O–H groups in total. The van der Waals surface area contributed by atoms with E-state index in [0.717, 1.165) is 11.8 Å². The van der Waals surface area contributed by atoms with Crippen molar-refractivity contribution in [2.24, 2.45) is 17.6 Å². The van der Waals surface area contributed by atoms with Crippen molar-refractivity contribution < 1.29 is 0 Å². The molecule has 2 heteroatoms. The molecular formula is C7H14ClN. The first-order chi connectivity index (χ1) is 3.88. The van der Waals surface area contributed by atoms with E-state index in [9.17, 15) is 0 Å². The molecule has 0 saturated heterocycles. The molecular weight excluding hydrogens is 134 g/mol. The molecule has 0 spiro atoms. The maximum atomic E-state index is 5.82. The number of hydrogen-bond acceptors (Lipinski definition) is 1. The van der Waals surface area contributed by atoms with Crippen LogP contribution < -0.4 is 5.73 Å². The summed E-state index contributed by atoms with van der Waals surface area (Å²) in [6.07, 6.45) is 5.60. The number of nitrogens with two attached hydrogens (primary N) is 1. The minimum atomic E-state index is 0. The molecule has 0 aromatic heterocycles. The number of hydrogen-bond donors (Lipinski definition) is 1. The van der Waals surface area contributed by atoms with Crippen molar-refractivity contribution in [3.8, 4) is 0 Å². The van der Waals surface area contributed by atoms with Gasteiger partial charge in [-0.1, -0.05) is 12.8 Å². The van der Waals surface area contributed by atoms with Crippen molar-refractivity contribution in [3.63, 3.8) is 0 Å². The Balaban J connectivity index is 0.000000405. The Kier molecular flexibility index (Phi) is 2.02. The molecule has 9 heavy (non-hydrogen) atoms. The molecule has 2 aliphatic carbocycles. The van der Waals surface area contributed by atoms with Gasteiger partial charge in [-0.2, -0.15) is 0 Å². The molecule has 0 heterocycles. The van der Waals surface area contributed by atoms with Crippen LogP contribution in [0.4, 0.5) is 0 Å². The van der Waals surface area contributed by atoms with Crippen molar-refractivity contribution in [1.29, 1.82) is 0 Å². The summed E-state index contributed by atoms with van der Waals surface area (Å²) in [5, 5.41) is 0. The lowest BCUT2D eigenvalue weighted by Crippen LogP contribution is -2.25. The lowest BCUT2D eigenvalue weighted by Gasteiger charge is -2.15. The first-order valence-electron chi connectivity index (χ1n) is 3.63. The zero-order valence-electron chi connectivity index (χ0n) is 5.55. The van der Waals surface area contributed by atoms with Crippen molar-refractivity contribution in [2.75, 3.05) is 0 Å². The third kappa shape index (κ3) is 1.22. The fraction of sp³-hybridized carbons (Fsp3) is 1.00. The Labute approximate surface area is 62.4 Å². The van der Waals surface area contributed by atoms with Crippen LogP contribution in [-0.2, 0) is 0 Å². The lowest BCUT2D eigenvalue weighted by atomic mass is 9.96. The molecule has 54 valence electrons. The van der Waals surface area contributed by atoms with Crippen LogP contribution in [0.5, 0.6) is 0 Å². The quantitative estimate of drug-likeness (QED) is 0.553.